The van der Waals surface area contributed by atoms with E-state index >= 15 is 0 Å². The summed E-state index contributed by atoms with van der Waals surface area (Å²) in [6.45, 7) is 6.25. The van der Waals surface area contributed by atoms with Gasteiger partial charge in [0.1, 0.15) is 17.5 Å². The number of benzene rings is 1. The number of nitrogens with two attached hydrogens (primary N) is 1. The monoisotopic (exact) mass is 289 g/mol. The quantitative estimate of drug-likeness (QED) is 0.872. The minimum atomic E-state index is -0.217. The van der Waals surface area contributed by atoms with Crippen LogP contribution in [0, 0.1) is 16.7 Å². The van der Waals surface area contributed by atoms with Crippen LogP contribution in [-0.4, -0.2) is 19.1 Å². The average Bonchev–Trinajstić information content (AvgIpc) is 2.36. The van der Waals surface area contributed by atoms with E-state index in [2.05, 4.69) is 26.1 Å². The van der Waals surface area contributed by atoms with E-state index in [0.717, 1.165) is 6.42 Å². The molecule has 0 heterocycles. The molecule has 1 atom stereocenters. The van der Waals surface area contributed by atoms with Crippen LogP contribution in [0.2, 0.25) is 0 Å². The lowest BCUT2D eigenvalue weighted by atomic mass is 9.87. The fourth-order valence-corrected chi connectivity index (χ4v) is 2.21. The molecular formula is C16H23N3O2. The molecule has 0 radical (unpaired) electrons. The number of nitriles is 1. The van der Waals surface area contributed by atoms with Crippen molar-refractivity contribution in [3.63, 3.8) is 0 Å². The molecular weight excluding hydrogens is 266 g/mol. The van der Waals surface area contributed by atoms with Crippen molar-refractivity contribution in [3.8, 4) is 11.8 Å². The largest absolute Gasteiger partial charge is 0.495 e. The molecule has 1 rings (SSSR count). The summed E-state index contributed by atoms with van der Waals surface area (Å²) in [6.07, 6.45) is 0.956. The number of nitrogens with one attached hydrogen (secondary N) is 1. The Morgan fingerprint density at radius 3 is 2.67 bits per heavy atom. The molecule has 0 saturated carbocycles. The van der Waals surface area contributed by atoms with Gasteiger partial charge in [-0.05, 0) is 24.0 Å². The highest BCUT2D eigenvalue weighted by atomic mass is 16.5. The molecule has 1 aromatic carbocycles. The van der Waals surface area contributed by atoms with E-state index in [1.165, 1.54) is 7.11 Å². The van der Waals surface area contributed by atoms with Gasteiger partial charge in [0.25, 0.3) is 0 Å². The van der Waals surface area contributed by atoms with Crippen molar-refractivity contribution in [2.75, 3.05) is 12.4 Å². The number of hydrogen-bond acceptors (Lipinski definition) is 4. The van der Waals surface area contributed by atoms with Crippen molar-refractivity contribution in [1.29, 1.82) is 5.26 Å². The molecule has 1 unspecified atom stereocenters. The van der Waals surface area contributed by atoms with Crippen molar-refractivity contribution < 1.29 is 9.53 Å². The average molecular weight is 289 g/mol. The Morgan fingerprint density at radius 2 is 2.14 bits per heavy atom. The van der Waals surface area contributed by atoms with E-state index in [-0.39, 0.29) is 23.8 Å². The maximum Gasteiger partial charge on any atom is 0.226 e. The zero-order valence-electron chi connectivity index (χ0n) is 13.1. The number of ether oxygens (including phenoxy) is 1. The van der Waals surface area contributed by atoms with Crippen LogP contribution < -0.4 is 15.8 Å². The SMILES string of the molecule is COc1cccc(C#N)c1NC(=O)CC(N)CC(C)(C)C. The topological polar surface area (TPSA) is 88.1 Å². The Labute approximate surface area is 126 Å². The van der Waals surface area contributed by atoms with Crippen LogP contribution in [0.15, 0.2) is 18.2 Å². The number of para-hydroxylation sites is 1. The minimum absolute atomic E-state index is 0.0714. The van der Waals surface area contributed by atoms with E-state index in [9.17, 15) is 4.79 Å². The van der Waals surface area contributed by atoms with E-state index in [1.54, 1.807) is 18.2 Å². The fourth-order valence-electron chi connectivity index (χ4n) is 2.21. The highest BCUT2D eigenvalue weighted by Gasteiger charge is 2.19. The highest BCUT2D eigenvalue weighted by Crippen LogP contribution is 2.28. The smallest absolute Gasteiger partial charge is 0.226 e. The summed E-state index contributed by atoms with van der Waals surface area (Å²) in [7, 11) is 1.50. The summed E-state index contributed by atoms with van der Waals surface area (Å²) in [5, 5.41) is 11.8. The number of anilines is 1. The molecule has 1 amide bonds. The standard InChI is InChI=1S/C16H23N3O2/c1-16(2,3)9-12(18)8-14(20)19-15-11(10-17)6-5-7-13(15)21-4/h5-7,12H,8-9,18H2,1-4H3,(H,19,20). The normalized spacial score (nSPS) is 12.4. The van der Waals surface area contributed by atoms with E-state index in [0.29, 0.717) is 17.0 Å². The second kappa shape index (κ2) is 7.09. The Morgan fingerprint density at radius 1 is 1.48 bits per heavy atom. The van der Waals surface area contributed by atoms with E-state index in [1.807, 2.05) is 6.07 Å². The number of hydrogen-bond donors (Lipinski definition) is 2. The van der Waals surface area contributed by atoms with Gasteiger partial charge in [0.05, 0.1) is 12.7 Å². The lowest BCUT2D eigenvalue weighted by molar-refractivity contribution is -0.116. The van der Waals surface area contributed by atoms with Gasteiger partial charge in [0, 0.05) is 12.5 Å². The van der Waals surface area contributed by atoms with Crippen molar-refractivity contribution in [3.05, 3.63) is 23.8 Å². The summed E-state index contributed by atoms with van der Waals surface area (Å²) in [6, 6.07) is 6.86. The lowest BCUT2D eigenvalue weighted by Crippen LogP contribution is -2.31. The zero-order valence-corrected chi connectivity index (χ0v) is 13.1. The molecule has 0 aromatic heterocycles. The van der Waals surface area contributed by atoms with Gasteiger partial charge in [-0.2, -0.15) is 5.26 Å². The van der Waals surface area contributed by atoms with Gasteiger partial charge in [-0.3, -0.25) is 4.79 Å². The molecule has 0 bridgehead atoms. The third kappa shape index (κ3) is 5.44. The highest BCUT2D eigenvalue weighted by molar-refractivity contribution is 5.94. The molecule has 0 spiro atoms. The molecule has 5 heteroatoms. The van der Waals surface area contributed by atoms with Crippen LogP contribution in [0.1, 0.15) is 39.2 Å². The fraction of sp³-hybridized carbons (Fsp3) is 0.500. The number of methoxy groups -OCH3 is 1. The predicted octanol–water partition coefficient (Wildman–Crippen LogP) is 2.66. The van der Waals surface area contributed by atoms with Crippen LogP contribution in [0.3, 0.4) is 0 Å². The van der Waals surface area contributed by atoms with Crippen LogP contribution in [0.4, 0.5) is 5.69 Å². The number of carbonyl (C=O) groups excluding carboxylic acids is 1. The third-order valence-corrected chi connectivity index (χ3v) is 2.95. The second-order valence-corrected chi connectivity index (χ2v) is 6.27. The molecule has 3 N–H and O–H groups in total. The molecule has 0 aliphatic carbocycles. The Hall–Kier alpha value is -2.06. The predicted molar refractivity (Wildman–Crippen MR) is 83.0 cm³/mol. The van der Waals surface area contributed by atoms with Crippen molar-refractivity contribution in [2.24, 2.45) is 11.1 Å². The van der Waals surface area contributed by atoms with Crippen LogP contribution in [-0.2, 0) is 4.79 Å². The summed E-state index contributed by atoms with van der Waals surface area (Å²) in [4.78, 5) is 12.1. The Kier molecular flexibility index (Phi) is 5.74. The van der Waals surface area contributed by atoms with Crippen LogP contribution in [0.5, 0.6) is 5.75 Å². The first-order valence-electron chi connectivity index (χ1n) is 6.89. The molecule has 0 fully saturated rings. The van der Waals surface area contributed by atoms with Gasteiger partial charge in [0.2, 0.25) is 5.91 Å². The molecule has 1 aromatic rings. The molecule has 0 aliphatic heterocycles. The summed E-state index contributed by atoms with van der Waals surface area (Å²) >= 11 is 0. The van der Waals surface area contributed by atoms with Gasteiger partial charge < -0.3 is 15.8 Å². The van der Waals surface area contributed by atoms with Gasteiger partial charge in [-0.1, -0.05) is 26.8 Å². The van der Waals surface area contributed by atoms with Crippen molar-refractivity contribution >= 4 is 11.6 Å². The van der Waals surface area contributed by atoms with Crippen LogP contribution >= 0.6 is 0 Å². The van der Waals surface area contributed by atoms with E-state index in [4.69, 9.17) is 15.7 Å². The number of nitrogens with zero attached hydrogens (tertiary/aromatic N) is 1. The van der Waals surface area contributed by atoms with Crippen LogP contribution in [0.25, 0.3) is 0 Å². The first kappa shape index (κ1) is 17.0. The van der Waals surface area contributed by atoms with Gasteiger partial charge >= 0.3 is 0 Å². The summed E-state index contributed by atoms with van der Waals surface area (Å²) in [5.74, 6) is 0.250. The van der Waals surface area contributed by atoms with E-state index < -0.39 is 0 Å². The van der Waals surface area contributed by atoms with Crippen molar-refractivity contribution in [2.45, 2.75) is 39.7 Å². The first-order chi connectivity index (χ1) is 9.76. The van der Waals surface area contributed by atoms with Crippen molar-refractivity contribution in [1.82, 2.24) is 0 Å². The first-order valence-corrected chi connectivity index (χ1v) is 6.89. The van der Waals surface area contributed by atoms with Gasteiger partial charge in [-0.25, -0.2) is 0 Å². The third-order valence-electron chi connectivity index (χ3n) is 2.95. The Bertz CT molecular complexity index is 541. The minimum Gasteiger partial charge on any atom is -0.495 e. The zero-order chi connectivity index (χ0) is 16.0. The Balaban J connectivity index is 2.78. The lowest BCUT2D eigenvalue weighted by Gasteiger charge is -2.23. The second-order valence-electron chi connectivity index (χ2n) is 6.27. The molecule has 5 nitrogen and oxygen atoms in total. The maximum absolute atomic E-state index is 12.1. The molecule has 114 valence electrons. The molecule has 0 saturated heterocycles. The summed E-state index contributed by atoms with van der Waals surface area (Å²) < 4.78 is 5.18. The molecule has 21 heavy (non-hydrogen) atoms. The summed E-state index contributed by atoms with van der Waals surface area (Å²) in [5.41, 5.74) is 6.84. The molecule has 0 aliphatic rings. The maximum atomic E-state index is 12.1. The number of carbonyl (C=O) groups is 1. The number of amides is 1. The van der Waals surface area contributed by atoms with Gasteiger partial charge in [0.15, 0.2) is 0 Å². The number of rotatable bonds is 5. The van der Waals surface area contributed by atoms with Gasteiger partial charge in [-0.15, -0.1) is 0 Å².